The highest BCUT2D eigenvalue weighted by atomic mass is 15.4. The normalized spacial score (nSPS) is 10.2. The fraction of sp³-hybridized carbons (Fsp3) is 0.0625. The van der Waals surface area contributed by atoms with Gasteiger partial charge in [0.2, 0.25) is 0 Å². The SMILES string of the molecule is N#Cc1ccccc1Cn1nncc1-c1ccccc1. The van der Waals surface area contributed by atoms with Crippen molar-refractivity contribution >= 4 is 0 Å². The van der Waals surface area contributed by atoms with E-state index in [1.54, 1.807) is 6.20 Å². The van der Waals surface area contributed by atoms with E-state index in [1.165, 1.54) is 0 Å². The maximum atomic E-state index is 9.14. The van der Waals surface area contributed by atoms with Crippen LogP contribution in [-0.2, 0) is 6.54 Å². The third-order valence-corrected chi connectivity index (χ3v) is 3.15. The topological polar surface area (TPSA) is 54.5 Å². The molecule has 0 spiro atoms. The van der Waals surface area contributed by atoms with Gasteiger partial charge in [-0.15, -0.1) is 5.10 Å². The summed E-state index contributed by atoms with van der Waals surface area (Å²) in [4.78, 5) is 0. The monoisotopic (exact) mass is 260 g/mol. The van der Waals surface area contributed by atoms with Crippen molar-refractivity contribution in [3.05, 3.63) is 71.9 Å². The minimum absolute atomic E-state index is 0.536. The Kier molecular flexibility index (Phi) is 3.25. The maximum Gasteiger partial charge on any atom is 0.0995 e. The van der Waals surface area contributed by atoms with E-state index in [4.69, 9.17) is 5.26 Å². The molecule has 0 aliphatic rings. The Balaban J connectivity index is 1.98. The molecule has 3 rings (SSSR count). The summed E-state index contributed by atoms with van der Waals surface area (Å²) in [5.74, 6) is 0. The number of aromatic nitrogens is 3. The third-order valence-electron chi connectivity index (χ3n) is 3.15. The van der Waals surface area contributed by atoms with Crippen LogP contribution < -0.4 is 0 Å². The predicted molar refractivity (Wildman–Crippen MR) is 75.7 cm³/mol. The number of rotatable bonds is 3. The molecule has 0 atom stereocenters. The molecule has 0 aliphatic carbocycles. The van der Waals surface area contributed by atoms with E-state index >= 15 is 0 Å². The lowest BCUT2D eigenvalue weighted by molar-refractivity contribution is 0.655. The minimum atomic E-state index is 0.536. The molecule has 0 radical (unpaired) electrons. The molecule has 3 aromatic rings. The van der Waals surface area contributed by atoms with Gasteiger partial charge in [-0.05, 0) is 11.6 Å². The summed E-state index contributed by atoms with van der Waals surface area (Å²) in [6.07, 6.45) is 1.74. The van der Waals surface area contributed by atoms with Crippen molar-refractivity contribution < 1.29 is 0 Å². The lowest BCUT2D eigenvalue weighted by Crippen LogP contribution is -2.05. The zero-order chi connectivity index (χ0) is 13.8. The number of hydrogen-bond acceptors (Lipinski definition) is 3. The van der Waals surface area contributed by atoms with Crippen molar-refractivity contribution in [1.82, 2.24) is 15.0 Å². The van der Waals surface area contributed by atoms with Gasteiger partial charge in [-0.1, -0.05) is 53.7 Å². The molecule has 0 saturated heterocycles. The van der Waals surface area contributed by atoms with Crippen molar-refractivity contribution in [2.75, 3.05) is 0 Å². The van der Waals surface area contributed by atoms with E-state index in [1.807, 2.05) is 59.3 Å². The molecule has 0 fully saturated rings. The lowest BCUT2D eigenvalue weighted by Gasteiger charge is -2.07. The van der Waals surface area contributed by atoms with Crippen LogP contribution in [0.2, 0.25) is 0 Å². The molecule has 0 N–H and O–H groups in total. The Morgan fingerprint density at radius 3 is 2.55 bits per heavy atom. The first-order valence-corrected chi connectivity index (χ1v) is 6.30. The first kappa shape index (κ1) is 12.1. The second-order valence-electron chi connectivity index (χ2n) is 4.41. The quantitative estimate of drug-likeness (QED) is 0.727. The largest absolute Gasteiger partial charge is 0.240 e. The molecular formula is C16H12N4. The van der Waals surface area contributed by atoms with Crippen LogP contribution in [0.15, 0.2) is 60.8 Å². The van der Waals surface area contributed by atoms with Crippen LogP contribution in [0.1, 0.15) is 11.1 Å². The Bertz CT molecular complexity index is 753. The van der Waals surface area contributed by atoms with E-state index < -0.39 is 0 Å². The average molecular weight is 260 g/mol. The van der Waals surface area contributed by atoms with Gasteiger partial charge in [0.05, 0.1) is 30.1 Å². The van der Waals surface area contributed by atoms with Gasteiger partial charge in [-0.25, -0.2) is 4.68 Å². The van der Waals surface area contributed by atoms with Gasteiger partial charge in [0.15, 0.2) is 0 Å². The van der Waals surface area contributed by atoms with Crippen LogP contribution in [0, 0.1) is 11.3 Å². The van der Waals surface area contributed by atoms with Gasteiger partial charge in [0.1, 0.15) is 0 Å². The van der Waals surface area contributed by atoms with Crippen molar-refractivity contribution in [3.63, 3.8) is 0 Å². The van der Waals surface area contributed by atoms with Gasteiger partial charge in [-0.2, -0.15) is 5.26 Å². The highest BCUT2D eigenvalue weighted by molar-refractivity contribution is 5.58. The smallest absolute Gasteiger partial charge is 0.0995 e. The Morgan fingerprint density at radius 2 is 1.75 bits per heavy atom. The highest BCUT2D eigenvalue weighted by Crippen LogP contribution is 2.19. The highest BCUT2D eigenvalue weighted by Gasteiger charge is 2.08. The molecule has 4 nitrogen and oxygen atoms in total. The van der Waals surface area contributed by atoms with E-state index in [0.717, 1.165) is 16.8 Å². The average Bonchev–Trinajstić information content (AvgIpc) is 2.97. The molecule has 0 aliphatic heterocycles. The van der Waals surface area contributed by atoms with Crippen LogP contribution in [-0.4, -0.2) is 15.0 Å². The fourth-order valence-electron chi connectivity index (χ4n) is 2.14. The molecule has 1 heterocycles. The number of nitrogens with zero attached hydrogens (tertiary/aromatic N) is 4. The third kappa shape index (κ3) is 2.29. The first-order chi connectivity index (χ1) is 9.88. The maximum absolute atomic E-state index is 9.14. The molecule has 4 heteroatoms. The summed E-state index contributed by atoms with van der Waals surface area (Å²) < 4.78 is 1.81. The molecule has 96 valence electrons. The van der Waals surface area contributed by atoms with Gasteiger partial charge >= 0.3 is 0 Å². The molecular weight excluding hydrogens is 248 g/mol. The summed E-state index contributed by atoms with van der Waals surface area (Å²) in [6, 6.07) is 19.7. The molecule has 0 bridgehead atoms. The summed E-state index contributed by atoms with van der Waals surface area (Å²) in [5.41, 5.74) is 3.62. The summed E-state index contributed by atoms with van der Waals surface area (Å²) in [5, 5.41) is 17.2. The molecule has 0 unspecified atom stereocenters. The number of hydrogen-bond donors (Lipinski definition) is 0. The Hall–Kier alpha value is -2.93. The van der Waals surface area contributed by atoms with Gasteiger partial charge < -0.3 is 0 Å². The summed E-state index contributed by atoms with van der Waals surface area (Å²) in [7, 11) is 0. The van der Waals surface area contributed by atoms with Gasteiger partial charge in [0, 0.05) is 5.56 Å². The van der Waals surface area contributed by atoms with Crippen LogP contribution >= 0.6 is 0 Å². The van der Waals surface area contributed by atoms with E-state index in [2.05, 4.69) is 16.4 Å². The Morgan fingerprint density at radius 1 is 1.00 bits per heavy atom. The van der Waals surface area contributed by atoms with Crippen molar-refractivity contribution in [2.45, 2.75) is 6.54 Å². The van der Waals surface area contributed by atoms with Crippen molar-refractivity contribution in [1.29, 1.82) is 5.26 Å². The Labute approximate surface area is 116 Å². The van der Waals surface area contributed by atoms with Crippen LogP contribution in [0.25, 0.3) is 11.3 Å². The minimum Gasteiger partial charge on any atom is -0.240 e. The van der Waals surface area contributed by atoms with Gasteiger partial charge in [-0.3, -0.25) is 0 Å². The van der Waals surface area contributed by atoms with Gasteiger partial charge in [0.25, 0.3) is 0 Å². The van der Waals surface area contributed by atoms with E-state index in [-0.39, 0.29) is 0 Å². The second kappa shape index (κ2) is 5.37. The summed E-state index contributed by atoms with van der Waals surface area (Å²) in [6.45, 7) is 0.536. The number of benzene rings is 2. The van der Waals surface area contributed by atoms with E-state index in [0.29, 0.717) is 12.1 Å². The van der Waals surface area contributed by atoms with Crippen LogP contribution in [0.4, 0.5) is 0 Å². The fourth-order valence-corrected chi connectivity index (χ4v) is 2.14. The molecule has 2 aromatic carbocycles. The summed E-state index contributed by atoms with van der Waals surface area (Å²) >= 11 is 0. The van der Waals surface area contributed by atoms with Crippen LogP contribution in [0.5, 0.6) is 0 Å². The molecule has 1 aromatic heterocycles. The first-order valence-electron chi connectivity index (χ1n) is 6.30. The standard InChI is InChI=1S/C16H12N4/c17-10-14-8-4-5-9-15(14)12-20-16(11-18-19-20)13-6-2-1-3-7-13/h1-9,11H,12H2. The van der Waals surface area contributed by atoms with Crippen LogP contribution in [0.3, 0.4) is 0 Å². The molecule has 0 saturated carbocycles. The zero-order valence-electron chi connectivity index (χ0n) is 10.8. The zero-order valence-corrected chi connectivity index (χ0v) is 10.8. The second-order valence-corrected chi connectivity index (χ2v) is 4.41. The van der Waals surface area contributed by atoms with Crippen molar-refractivity contribution in [3.8, 4) is 17.3 Å². The lowest BCUT2D eigenvalue weighted by atomic mass is 10.1. The van der Waals surface area contributed by atoms with E-state index in [9.17, 15) is 0 Å². The molecule has 20 heavy (non-hydrogen) atoms. The predicted octanol–water partition coefficient (Wildman–Crippen LogP) is 2.87. The van der Waals surface area contributed by atoms with Crippen molar-refractivity contribution in [2.24, 2.45) is 0 Å². The number of nitriles is 1. The molecule has 0 amide bonds.